The maximum absolute atomic E-state index is 14.5. The zero-order chi connectivity index (χ0) is 21.9. The lowest BCUT2D eigenvalue weighted by Crippen LogP contribution is -2.47. The summed E-state index contributed by atoms with van der Waals surface area (Å²) >= 11 is 0. The Kier molecular flexibility index (Phi) is 6.20. The third kappa shape index (κ3) is 4.50. The van der Waals surface area contributed by atoms with Crippen molar-refractivity contribution >= 4 is 22.9 Å². The standard InChI is InChI=1S/C23H26FN3O3/c1-6-14-9-15-10-17(11-18(24)21(15)25-13-14)29-19(8-3)22(28)26-23(4,5)20-12-16(7-2)30-27-20/h6,9-13,19H,1,7-8H2,2-5H3,(H,26,28). The van der Waals surface area contributed by atoms with Crippen LogP contribution in [0, 0.1) is 5.82 Å². The minimum absolute atomic E-state index is 0.240. The average Bonchev–Trinajstić information content (AvgIpc) is 3.21. The number of fused-ring (bicyclic) bond motifs is 1. The van der Waals surface area contributed by atoms with Gasteiger partial charge in [-0.15, -0.1) is 0 Å². The summed E-state index contributed by atoms with van der Waals surface area (Å²) in [6.45, 7) is 11.2. The van der Waals surface area contributed by atoms with Gasteiger partial charge in [-0.25, -0.2) is 4.39 Å². The SMILES string of the molecule is C=Cc1cnc2c(F)cc(OC(CC)C(=O)NC(C)(C)c3cc(CC)on3)cc2c1. The van der Waals surface area contributed by atoms with E-state index in [0.717, 1.165) is 11.3 Å². The van der Waals surface area contributed by atoms with E-state index in [1.807, 2.05) is 33.8 Å². The first-order valence-electron chi connectivity index (χ1n) is 9.93. The maximum Gasteiger partial charge on any atom is 0.261 e. The molecule has 158 valence electrons. The number of carbonyl (C=O) groups excluding carboxylic acids is 1. The quantitative estimate of drug-likeness (QED) is 0.577. The highest BCUT2D eigenvalue weighted by molar-refractivity contribution is 5.84. The Morgan fingerprint density at radius 3 is 2.73 bits per heavy atom. The summed E-state index contributed by atoms with van der Waals surface area (Å²) < 4.78 is 25.6. The van der Waals surface area contributed by atoms with Crippen molar-refractivity contribution in [3.05, 3.63) is 59.9 Å². The monoisotopic (exact) mass is 411 g/mol. The van der Waals surface area contributed by atoms with Gasteiger partial charge in [0.15, 0.2) is 11.9 Å². The van der Waals surface area contributed by atoms with Gasteiger partial charge >= 0.3 is 0 Å². The Bertz CT molecular complexity index is 1070. The predicted octanol–water partition coefficient (Wildman–Crippen LogP) is 4.78. The van der Waals surface area contributed by atoms with Gasteiger partial charge in [-0.3, -0.25) is 9.78 Å². The van der Waals surface area contributed by atoms with Gasteiger partial charge in [0.1, 0.15) is 22.7 Å². The van der Waals surface area contributed by atoms with Crippen LogP contribution >= 0.6 is 0 Å². The zero-order valence-corrected chi connectivity index (χ0v) is 17.7. The second-order valence-electron chi connectivity index (χ2n) is 7.61. The number of ether oxygens (including phenoxy) is 1. The normalized spacial score (nSPS) is 12.6. The summed E-state index contributed by atoms with van der Waals surface area (Å²) in [5.41, 5.74) is 0.888. The number of pyridine rings is 1. The van der Waals surface area contributed by atoms with Crippen LogP contribution < -0.4 is 10.1 Å². The van der Waals surface area contributed by atoms with E-state index in [4.69, 9.17) is 9.26 Å². The summed E-state index contributed by atoms with van der Waals surface area (Å²) in [4.78, 5) is 17.0. The molecule has 3 aromatic rings. The van der Waals surface area contributed by atoms with Gasteiger partial charge in [0.05, 0.1) is 5.54 Å². The van der Waals surface area contributed by atoms with Crippen molar-refractivity contribution in [3.8, 4) is 5.75 Å². The molecule has 1 aromatic carbocycles. The number of halogens is 1. The molecule has 0 aliphatic heterocycles. The van der Waals surface area contributed by atoms with Crippen molar-refractivity contribution in [1.29, 1.82) is 0 Å². The first-order chi connectivity index (χ1) is 14.3. The molecule has 6 nitrogen and oxygen atoms in total. The highest BCUT2D eigenvalue weighted by Crippen LogP contribution is 2.26. The second kappa shape index (κ2) is 8.65. The summed E-state index contributed by atoms with van der Waals surface area (Å²) in [5, 5.41) is 7.57. The Labute approximate surface area is 175 Å². The van der Waals surface area contributed by atoms with Crippen LogP contribution in [-0.2, 0) is 16.8 Å². The molecule has 1 atom stereocenters. The van der Waals surface area contributed by atoms with Crippen molar-refractivity contribution in [2.24, 2.45) is 0 Å². The zero-order valence-electron chi connectivity index (χ0n) is 17.7. The largest absolute Gasteiger partial charge is 0.480 e. The van der Waals surface area contributed by atoms with Crippen LogP contribution in [0.3, 0.4) is 0 Å². The van der Waals surface area contributed by atoms with E-state index in [-0.39, 0.29) is 17.2 Å². The molecule has 0 radical (unpaired) electrons. The molecular weight excluding hydrogens is 385 g/mol. The number of nitrogens with one attached hydrogen (secondary N) is 1. The predicted molar refractivity (Wildman–Crippen MR) is 114 cm³/mol. The first-order valence-corrected chi connectivity index (χ1v) is 9.93. The number of hydrogen-bond donors (Lipinski definition) is 1. The Hall–Kier alpha value is -3.22. The number of rotatable bonds is 8. The number of carbonyl (C=O) groups is 1. The smallest absolute Gasteiger partial charge is 0.261 e. The van der Waals surface area contributed by atoms with E-state index in [9.17, 15) is 9.18 Å². The van der Waals surface area contributed by atoms with E-state index < -0.39 is 17.5 Å². The molecule has 0 bridgehead atoms. The van der Waals surface area contributed by atoms with E-state index in [2.05, 4.69) is 22.0 Å². The summed E-state index contributed by atoms with van der Waals surface area (Å²) in [5.74, 6) is 0.178. The van der Waals surface area contributed by atoms with E-state index >= 15 is 0 Å². The molecule has 0 saturated heterocycles. The highest BCUT2D eigenvalue weighted by atomic mass is 19.1. The number of aryl methyl sites for hydroxylation is 1. The number of aromatic nitrogens is 2. The van der Waals surface area contributed by atoms with Gasteiger partial charge in [0.2, 0.25) is 0 Å². The van der Waals surface area contributed by atoms with Gasteiger partial charge < -0.3 is 14.6 Å². The van der Waals surface area contributed by atoms with E-state index in [0.29, 0.717) is 23.9 Å². The lowest BCUT2D eigenvalue weighted by atomic mass is 9.99. The average molecular weight is 411 g/mol. The molecule has 0 aliphatic carbocycles. The van der Waals surface area contributed by atoms with E-state index in [1.165, 1.54) is 6.07 Å². The van der Waals surface area contributed by atoms with Crippen LogP contribution in [0.2, 0.25) is 0 Å². The number of nitrogens with zero attached hydrogens (tertiary/aromatic N) is 2. The Morgan fingerprint density at radius 1 is 1.33 bits per heavy atom. The molecule has 0 aliphatic rings. The molecule has 1 unspecified atom stereocenters. The van der Waals surface area contributed by atoms with Gasteiger partial charge in [-0.2, -0.15) is 0 Å². The highest BCUT2D eigenvalue weighted by Gasteiger charge is 2.30. The second-order valence-corrected chi connectivity index (χ2v) is 7.61. The summed E-state index contributed by atoms with van der Waals surface area (Å²) in [6.07, 6.45) is 3.51. The number of amides is 1. The van der Waals surface area contributed by atoms with Crippen LogP contribution in [0.5, 0.6) is 5.75 Å². The number of benzene rings is 1. The molecule has 1 amide bonds. The minimum atomic E-state index is -0.797. The van der Waals surface area contributed by atoms with Gasteiger partial charge in [-0.1, -0.05) is 31.7 Å². The molecule has 0 spiro atoms. The molecule has 30 heavy (non-hydrogen) atoms. The fourth-order valence-electron chi connectivity index (χ4n) is 3.09. The molecule has 2 heterocycles. The molecule has 0 fully saturated rings. The van der Waals surface area contributed by atoms with Gasteiger partial charge in [-0.05, 0) is 38.0 Å². The van der Waals surface area contributed by atoms with Crippen LogP contribution in [-0.4, -0.2) is 22.2 Å². The molecule has 1 N–H and O–H groups in total. The lowest BCUT2D eigenvalue weighted by Gasteiger charge is -2.27. The first kappa shape index (κ1) is 21.5. The van der Waals surface area contributed by atoms with Gasteiger partial charge in [0, 0.05) is 30.1 Å². The fourth-order valence-corrected chi connectivity index (χ4v) is 3.09. The van der Waals surface area contributed by atoms with Crippen LogP contribution in [0.4, 0.5) is 4.39 Å². The van der Waals surface area contributed by atoms with Gasteiger partial charge in [0.25, 0.3) is 5.91 Å². The molecule has 7 heteroatoms. The number of hydrogen-bond acceptors (Lipinski definition) is 5. The fraction of sp³-hybridized carbons (Fsp3) is 0.348. The van der Waals surface area contributed by atoms with Crippen molar-refractivity contribution in [3.63, 3.8) is 0 Å². The summed E-state index contributed by atoms with van der Waals surface area (Å²) in [7, 11) is 0. The third-order valence-corrected chi connectivity index (χ3v) is 4.89. The van der Waals surface area contributed by atoms with Crippen LogP contribution in [0.1, 0.15) is 51.1 Å². The third-order valence-electron chi connectivity index (χ3n) is 4.89. The molecule has 0 saturated carbocycles. The Morgan fingerprint density at radius 2 is 2.10 bits per heavy atom. The summed E-state index contributed by atoms with van der Waals surface area (Å²) in [6, 6.07) is 6.51. The van der Waals surface area contributed by atoms with E-state index in [1.54, 1.807) is 24.4 Å². The lowest BCUT2D eigenvalue weighted by molar-refractivity contribution is -0.130. The maximum atomic E-state index is 14.5. The molecular formula is C23H26FN3O3. The van der Waals surface area contributed by atoms with Crippen LogP contribution in [0.25, 0.3) is 17.0 Å². The van der Waals surface area contributed by atoms with Crippen molar-refractivity contribution in [2.45, 2.75) is 52.2 Å². The topological polar surface area (TPSA) is 77.2 Å². The van der Waals surface area contributed by atoms with Crippen molar-refractivity contribution in [1.82, 2.24) is 15.5 Å². The van der Waals surface area contributed by atoms with Crippen molar-refractivity contribution < 1.29 is 18.4 Å². The van der Waals surface area contributed by atoms with Crippen LogP contribution in [0.15, 0.2) is 41.6 Å². The molecule has 2 aromatic heterocycles. The Balaban J connectivity index is 1.80. The minimum Gasteiger partial charge on any atom is -0.480 e. The van der Waals surface area contributed by atoms with Crippen molar-refractivity contribution in [2.75, 3.05) is 0 Å². The molecule has 3 rings (SSSR count).